The number of carbonyl (C=O) groups excluding carboxylic acids is 1. The van der Waals surface area contributed by atoms with E-state index in [2.05, 4.69) is 10.6 Å². The highest BCUT2D eigenvalue weighted by molar-refractivity contribution is 5.84. The maximum Gasteiger partial charge on any atom is 0.326 e. The van der Waals surface area contributed by atoms with Crippen LogP contribution in [0.5, 0.6) is 0 Å². The number of nitrogens with one attached hydrogen (secondary N) is 2. The van der Waals surface area contributed by atoms with Crippen LogP contribution in [-0.4, -0.2) is 35.6 Å². The molecule has 92 valence electrons. The number of hydrogen-bond donors (Lipinski definition) is 3. The summed E-state index contributed by atoms with van der Waals surface area (Å²) >= 11 is 0. The summed E-state index contributed by atoms with van der Waals surface area (Å²) in [5.74, 6) is -1.25. The second kappa shape index (κ2) is 5.84. The summed E-state index contributed by atoms with van der Waals surface area (Å²) < 4.78 is 0. The molecule has 0 bridgehead atoms. The first-order valence-electron chi connectivity index (χ1n) is 5.80. The topological polar surface area (TPSA) is 78.4 Å². The molecule has 2 atom stereocenters. The quantitative estimate of drug-likeness (QED) is 0.587. The lowest BCUT2D eigenvalue weighted by atomic mass is 9.99. The number of carboxylic acid groups (broad SMARTS) is 1. The molecule has 3 N–H and O–H groups in total. The van der Waals surface area contributed by atoms with Crippen molar-refractivity contribution in [3.8, 4) is 0 Å². The molecule has 1 amide bonds. The third-order valence-corrected chi connectivity index (χ3v) is 2.92. The highest BCUT2D eigenvalue weighted by atomic mass is 16.4. The van der Waals surface area contributed by atoms with E-state index in [9.17, 15) is 9.59 Å². The maximum absolute atomic E-state index is 11.5. The summed E-state index contributed by atoms with van der Waals surface area (Å²) in [7, 11) is 0. The van der Waals surface area contributed by atoms with Gasteiger partial charge in [-0.25, -0.2) is 4.79 Å². The predicted molar refractivity (Wildman–Crippen MR) is 60.0 cm³/mol. The molecule has 1 aliphatic rings. The molecule has 1 unspecified atom stereocenters. The number of rotatable bonds is 7. The lowest BCUT2D eigenvalue weighted by Gasteiger charge is -2.20. The molecule has 1 rings (SSSR count). The van der Waals surface area contributed by atoms with E-state index < -0.39 is 12.0 Å². The van der Waals surface area contributed by atoms with Crippen molar-refractivity contribution in [2.75, 3.05) is 6.54 Å². The van der Waals surface area contributed by atoms with E-state index in [1.807, 2.05) is 13.8 Å². The molecular formula is C11H20N2O3. The first kappa shape index (κ1) is 13.0. The van der Waals surface area contributed by atoms with Crippen LogP contribution in [0.15, 0.2) is 0 Å². The highest BCUT2D eigenvalue weighted by Gasteiger charge is 2.26. The number of amides is 1. The Morgan fingerprint density at radius 3 is 2.50 bits per heavy atom. The monoisotopic (exact) mass is 228 g/mol. The van der Waals surface area contributed by atoms with Crippen molar-refractivity contribution in [1.82, 2.24) is 10.6 Å². The van der Waals surface area contributed by atoms with Crippen LogP contribution in [0.4, 0.5) is 0 Å². The summed E-state index contributed by atoms with van der Waals surface area (Å²) in [4.78, 5) is 22.4. The summed E-state index contributed by atoms with van der Waals surface area (Å²) in [5.41, 5.74) is 0. The lowest BCUT2D eigenvalue weighted by Crippen LogP contribution is -2.48. The predicted octanol–water partition coefficient (Wildman–Crippen LogP) is 0.354. The van der Waals surface area contributed by atoms with Crippen molar-refractivity contribution in [2.45, 2.75) is 45.2 Å². The lowest BCUT2D eigenvalue weighted by molar-refractivity contribution is -0.143. The van der Waals surface area contributed by atoms with Crippen molar-refractivity contribution >= 4 is 11.9 Å². The highest BCUT2D eigenvalue weighted by Crippen LogP contribution is 2.18. The van der Waals surface area contributed by atoms with Gasteiger partial charge in [0.25, 0.3) is 0 Å². The van der Waals surface area contributed by atoms with Crippen molar-refractivity contribution in [1.29, 1.82) is 0 Å². The largest absolute Gasteiger partial charge is 0.480 e. The van der Waals surface area contributed by atoms with Crippen LogP contribution >= 0.6 is 0 Å². The van der Waals surface area contributed by atoms with Crippen LogP contribution in [-0.2, 0) is 9.59 Å². The van der Waals surface area contributed by atoms with Crippen LogP contribution in [0, 0.1) is 5.92 Å². The van der Waals surface area contributed by atoms with Crippen LogP contribution in [0.3, 0.4) is 0 Å². The van der Waals surface area contributed by atoms with Gasteiger partial charge in [-0.1, -0.05) is 20.3 Å². The molecular weight excluding hydrogens is 208 g/mol. The average molecular weight is 228 g/mol. The SMILES string of the molecule is CCC(C)[C@H](NC(=O)CNC1CC1)C(=O)O. The van der Waals surface area contributed by atoms with E-state index >= 15 is 0 Å². The zero-order chi connectivity index (χ0) is 12.1. The van der Waals surface area contributed by atoms with Crippen LogP contribution in [0.25, 0.3) is 0 Å². The van der Waals surface area contributed by atoms with Gasteiger partial charge in [0.1, 0.15) is 6.04 Å². The fourth-order valence-electron chi connectivity index (χ4n) is 1.43. The Hall–Kier alpha value is -1.10. The van der Waals surface area contributed by atoms with E-state index in [4.69, 9.17) is 5.11 Å². The third kappa shape index (κ3) is 4.18. The van der Waals surface area contributed by atoms with Gasteiger partial charge in [-0.05, 0) is 18.8 Å². The van der Waals surface area contributed by atoms with Crippen molar-refractivity contribution < 1.29 is 14.7 Å². The van der Waals surface area contributed by atoms with Crippen LogP contribution < -0.4 is 10.6 Å². The fourth-order valence-corrected chi connectivity index (χ4v) is 1.43. The van der Waals surface area contributed by atoms with E-state index in [0.29, 0.717) is 6.04 Å². The molecule has 1 saturated carbocycles. The number of aliphatic carboxylic acids is 1. The van der Waals surface area contributed by atoms with Crippen LogP contribution in [0.1, 0.15) is 33.1 Å². The molecule has 16 heavy (non-hydrogen) atoms. The van der Waals surface area contributed by atoms with Gasteiger partial charge >= 0.3 is 5.97 Å². The van der Waals surface area contributed by atoms with Gasteiger partial charge in [-0.3, -0.25) is 4.79 Å². The minimum Gasteiger partial charge on any atom is -0.480 e. The zero-order valence-corrected chi connectivity index (χ0v) is 9.82. The Labute approximate surface area is 95.6 Å². The normalized spacial score (nSPS) is 18.9. The molecule has 0 aliphatic heterocycles. The Bertz CT molecular complexity index is 264. The number of hydrogen-bond acceptors (Lipinski definition) is 3. The molecule has 5 nitrogen and oxygen atoms in total. The minimum absolute atomic E-state index is 0.0534. The minimum atomic E-state index is -0.964. The van der Waals surface area contributed by atoms with E-state index in [-0.39, 0.29) is 18.4 Å². The van der Waals surface area contributed by atoms with Gasteiger partial charge in [-0.15, -0.1) is 0 Å². The van der Waals surface area contributed by atoms with Gasteiger partial charge in [0.15, 0.2) is 0 Å². The molecule has 0 aromatic carbocycles. The first-order chi connectivity index (χ1) is 7.54. The maximum atomic E-state index is 11.5. The van der Waals surface area contributed by atoms with E-state index in [1.54, 1.807) is 0 Å². The molecule has 5 heteroatoms. The van der Waals surface area contributed by atoms with Crippen molar-refractivity contribution in [3.63, 3.8) is 0 Å². The van der Waals surface area contributed by atoms with E-state index in [1.165, 1.54) is 0 Å². The van der Waals surface area contributed by atoms with E-state index in [0.717, 1.165) is 19.3 Å². The summed E-state index contributed by atoms with van der Waals surface area (Å²) in [6.45, 7) is 3.95. The van der Waals surface area contributed by atoms with Crippen molar-refractivity contribution in [2.24, 2.45) is 5.92 Å². The smallest absolute Gasteiger partial charge is 0.326 e. The molecule has 0 heterocycles. The zero-order valence-electron chi connectivity index (χ0n) is 9.82. The second-order valence-electron chi connectivity index (χ2n) is 4.42. The summed E-state index contributed by atoms with van der Waals surface area (Å²) in [6, 6.07) is -0.323. The Morgan fingerprint density at radius 2 is 2.06 bits per heavy atom. The molecule has 0 aromatic rings. The third-order valence-electron chi connectivity index (χ3n) is 2.92. The first-order valence-corrected chi connectivity index (χ1v) is 5.80. The molecule has 0 radical (unpaired) electrons. The summed E-state index contributed by atoms with van der Waals surface area (Å²) in [6.07, 6.45) is 2.95. The fraction of sp³-hybridized carbons (Fsp3) is 0.818. The van der Waals surface area contributed by atoms with Gasteiger partial charge in [0.05, 0.1) is 6.54 Å². The Balaban J connectivity index is 2.33. The molecule has 0 aromatic heterocycles. The molecule has 0 spiro atoms. The average Bonchev–Trinajstić information content (AvgIpc) is 3.05. The Morgan fingerprint density at radius 1 is 1.44 bits per heavy atom. The molecule has 0 saturated heterocycles. The second-order valence-corrected chi connectivity index (χ2v) is 4.42. The van der Waals surface area contributed by atoms with Gasteiger partial charge in [0, 0.05) is 6.04 Å². The number of carboxylic acids is 1. The standard InChI is InChI=1S/C11H20N2O3/c1-3-7(2)10(11(15)16)13-9(14)6-12-8-4-5-8/h7-8,10,12H,3-6H2,1-2H3,(H,13,14)(H,15,16)/t7?,10-/m0/s1. The Kier molecular flexibility index (Phi) is 4.73. The van der Waals surface area contributed by atoms with Gasteiger partial charge in [0.2, 0.25) is 5.91 Å². The molecule has 1 fully saturated rings. The number of carbonyl (C=O) groups is 2. The van der Waals surface area contributed by atoms with Gasteiger partial charge < -0.3 is 15.7 Å². The van der Waals surface area contributed by atoms with Crippen molar-refractivity contribution in [3.05, 3.63) is 0 Å². The summed E-state index contributed by atoms with van der Waals surface area (Å²) in [5, 5.41) is 14.6. The van der Waals surface area contributed by atoms with Crippen LogP contribution in [0.2, 0.25) is 0 Å². The molecule has 1 aliphatic carbocycles. The van der Waals surface area contributed by atoms with Gasteiger partial charge in [-0.2, -0.15) is 0 Å².